The fourth-order valence-electron chi connectivity index (χ4n) is 4.36. The molecule has 7 heteroatoms. The monoisotopic (exact) mass is 354 g/mol. The molecule has 7 nitrogen and oxygen atoms in total. The second-order valence-corrected chi connectivity index (χ2v) is 7.72. The van der Waals surface area contributed by atoms with Gasteiger partial charge in [-0.05, 0) is 44.2 Å². The van der Waals surface area contributed by atoms with Gasteiger partial charge in [0.1, 0.15) is 5.69 Å². The van der Waals surface area contributed by atoms with E-state index in [1.165, 1.54) is 12.0 Å². The topological polar surface area (TPSA) is 67.2 Å². The molecule has 1 spiro atoms. The second kappa shape index (κ2) is 7.15. The molecule has 26 heavy (non-hydrogen) atoms. The van der Waals surface area contributed by atoms with Crippen molar-refractivity contribution in [3.8, 4) is 0 Å². The molecule has 0 N–H and O–H groups in total. The van der Waals surface area contributed by atoms with Crippen LogP contribution in [0.5, 0.6) is 0 Å². The van der Waals surface area contributed by atoms with Crippen LogP contribution in [-0.2, 0) is 13.6 Å². The zero-order chi connectivity index (χ0) is 18.0. The molecule has 2 aromatic heterocycles. The van der Waals surface area contributed by atoms with Crippen LogP contribution in [0.2, 0.25) is 0 Å². The number of aromatic nitrogens is 4. The molecule has 0 bridgehead atoms. The van der Waals surface area contributed by atoms with Gasteiger partial charge in [0.15, 0.2) is 0 Å². The van der Waals surface area contributed by atoms with Crippen molar-refractivity contribution in [2.45, 2.75) is 32.2 Å². The number of carbonyl (C=O) groups is 1. The van der Waals surface area contributed by atoms with Crippen molar-refractivity contribution >= 4 is 5.91 Å². The first-order chi connectivity index (χ1) is 12.6. The van der Waals surface area contributed by atoms with Gasteiger partial charge < -0.3 is 4.90 Å². The molecule has 0 aliphatic carbocycles. The summed E-state index contributed by atoms with van der Waals surface area (Å²) >= 11 is 0. The minimum Gasteiger partial charge on any atom is -0.337 e. The van der Waals surface area contributed by atoms with Gasteiger partial charge in [-0.15, -0.1) is 0 Å². The summed E-state index contributed by atoms with van der Waals surface area (Å²) in [6.07, 6.45) is 13.4. The zero-order valence-electron chi connectivity index (χ0n) is 15.3. The van der Waals surface area contributed by atoms with Gasteiger partial charge in [-0.2, -0.15) is 5.10 Å². The van der Waals surface area contributed by atoms with Crippen molar-refractivity contribution in [2.75, 3.05) is 26.2 Å². The molecule has 0 saturated carbocycles. The number of hydrogen-bond acceptors (Lipinski definition) is 5. The summed E-state index contributed by atoms with van der Waals surface area (Å²) in [6, 6.07) is 0. The summed E-state index contributed by atoms with van der Waals surface area (Å²) in [5, 5.41) is 4.26. The van der Waals surface area contributed by atoms with E-state index < -0.39 is 0 Å². The standard InChI is InChI=1S/C19H26N6O/c1-23-13-16(11-22-23)14-24-9-4-19(5-10-24)3-2-8-25(15-19)18(26)17-12-20-6-7-21-17/h6-7,11-13H,2-5,8-10,14-15H2,1H3. The molecule has 2 aliphatic rings. The summed E-state index contributed by atoms with van der Waals surface area (Å²) in [5.74, 6) is 0.0231. The summed E-state index contributed by atoms with van der Waals surface area (Å²) in [5.41, 5.74) is 1.99. The highest BCUT2D eigenvalue weighted by atomic mass is 16.2. The Hall–Kier alpha value is -2.28. The summed E-state index contributed by atoms with van der Waals surface area (Å²) in [6.45, 7) is 4.82. The van der Waals surface area contributed by atoms with Crippen molar-refractivity contribution in [1.29, 1.82) is 0 Å². The van der Waals surface area contributed by atoms with Crippen molar-refractivity contribution in [2.24, 2.45) is 12.5 Å². The van der Waals surface area contributed by atoms with Crippen LogP contribution in [0.3, 0.4) is 0 Å². The molecule has 0 unspecified atom stereocenters. The first-order valence-corrected chi connectivity index (χ1v) is 9.39. The van der Waals surface area contributed by atoms with Gasteiger partial charge in [-0.3, -0.25) is 19.4 Å². The third kappa shape index (κ3) is 3.62. The quantitative estimate of drug-likeness (QED) is 0.840. The van der Waals surface area contributed by atoms with Crippen molar-refractivity contribution in [3.05, 3.63) is 42.2 Å². The van der Waals surface area contributed by atoms with E-state index in [1.807, 2.05) is 22.8 Å². The Morgan fingerprint density at radius 2 is 2.00 bits per heavy atom. The van der Waals surface area contributed by atoms with E-state index in [4.69, 9.17) is 0 Å². The first-order valence-electron chi connectivity index (χ1n) is 9.39. The van der Waals surface area contributed by atoms with Gasteiger partial charge in [0.25, 0.3) is 5.91 Å². The maximum Gasteiger partial charge on any atom is 0.274 e. The minimum absolute atomic E-state index is 0.0231. The van der Waals surface area contributed by atoms with E-state index in [1.54, 1.807) is 18.6 Å². The van der Waals surface area contributed by atoms with Crippen molar-refractivity contribution in [3.63, 3.8) is 0 Å². The Kier molecular flexibility index (Phi) is 4.72. The van der Waals surface area contributed by atoms with Crippen LogP contribution in [0.15, 0.2) is 31.0 Å². The smallest absolute Gasteiger partial charge is 0.274 e. The first kappa shape index (κ1) is 17.1. The molecule has 0 aromatic carbocycles. The number of carbonyl (C=O) groups excluding carboxylic acids is 1. The molecule has 1 amide bonds. The Balaban J connectivity index is 1.36. The number of piperidine rings is 2. The zero-order valence-corrected chi connectivity index (χ0v) is 15.3. The van der Waals surface area contributed by atoms with E-state index in [-0.39, 0.29) is 11.3 Å². The molecule has 0 atom stereocenters. The minimum atomic E-state index is 0.0231. The lowest BCUT2D eigenvalue weighted by atomic mass is 9.72. The summed E-state index contributed by atoms with van der Waals surface area (Å²) in [7, 11) is 1.96. The number of aryl methyl sites for hydroxylation is 1. The average molecular weight is 354 g/mol. The molecule has 2 saturated heterocycles. The van der Waals surface area contributed by atoms with E-state index in [9.17, 15) is 4.79 Å². The van der Waals surface area contributed by atoms with Gasteiger partial charge in [0, 0.05) is 50.8 Å². The van der Waals surface area contributed by atoms with Crippen LogP contribution in [-0.4, -0.2) is 61.6 Å². The largest absolute Gasteiger partial charge is 0.337 e. The fraction of sp³-hybridized carbons (Fsp3) is 0.579. The van der Waals surface area contributed by atoms with Crippen LogP contribution < -0.4 is 0 Å². The third-order valence-electron chi connectivity index (χ3n) is 5.81. The third-order valence-corrected chi connectivity index (χ3v) is 5.81. The van der Waals surface area contributed by atoms with E-state index in [2.05, 4.69) is 26.2 Å². The van der Waals surface area contributed by atoms with Gasteiger partial charge in [-0.1, -0.05) is 0 Å². The molecule has 0 radical (unpaired) electrons. The van der Waals surface area contributed by atoms with E-state index in [0.29, 0.717) is 5.69 Å². The fourth-order valence-corrected chi connectivity index (χ4v) is 4.36. The van der Waals surface area contributed by atoms with Gasteiger partial charge in [-0.25, -0.2) is 4.98 Å². The predicted octanol–water partition coefficient (Wildman–Crippen LogP) is 1.73. The van der Waals surface area contributed by atoms with Crippen LogP contribution >= 0.6 is 0 Å². The lowest BCUT2D eigenvalue weighted by molar-refractivity contribution is 0.0194. The van der Waals surface area contributed by atoms with Gasteiger partial charge in [0.05, 0.1) is 12.4 Å². The Bertz CT molecular complexity index is 750. The summed E-state index contributed by atoms with van der Waals surface area (Å²) < 4.78 is 1.86. The molecule has 138 valence electrons. The predicted molar refractivity (Wildman–Crippen MR) is 97.3 cm³/mol. The Morgan fingerprint density at radius 3 is 2.69 bits per heavy atom. The highest BCUT2D eigenvalue weighted by Gasteiger charge is 2.40. The molecular formula is C19H26N6O. The molecule has 2 aliphatic heterocycles. The molecule has 4 heterocycles. The lowest BCUT2D eigenvalue weighted by Gasteiger charge is -2.47. The normalized spacial score (nSPS) is 20.4. The van der Waals surface area contributed by atoms with E-state index in [0.717, 1.165) is 52.0 Å². The number of nitrogens with zero attached hydrogens (tertiary/aromatic N) is 6. The number of amides is 1. The Morgan fingerprint density at radius 1 is 1.15 bits per heavy atom. The highest BCUT2D eigenvalue weighted by Crippen LogP contribution is 2.40. The summed E-state index contributed by atoms with van der Waals surface area (Å²) in [4.78, 5) is 25.4. The molecular weight excluding hydrogens is 328 g/mol. The lowest BCUT2D eigenvalue weighted by Crippen LogP contribution is -2.51. The van der Waals surface area contributed by atoms with E-state index >= 15 is 0 Å². The maximum atomic E-state index is 12.7. The Labute approximate surface area is 154 Å². The van der Waals surface area contributed by atoms with Crippen LogP contribution in [0, 0.1) is 5.41 Å². The van der Waals surface area contributed by atoms with Crippen molar-refractivity contribution in [1.82, 2.24) is 29.5 Å². The van der Waals surface area contributed by atoms with Crippen LogP contribution in [0.4, 0.5) is 0 Å². The van der Waals surface area contributed by atoms with Crippen LogP contribution in [0.25, 0.3) is 0 Å². The molecule has 2 aromatic rings. The number of rotatable bonds is 3. The molecule has 4 rings (SSSR count). The number of hydrogen-bond donors (Lipinski definition) is 0. The average Bonchev–Trinajstić information content (AvgIpc) is 3.09. The van der Waals surface area contributed by atoms with Crippen LogP contribution in [0.1, 0.15) is 41.7 Å². The number of likely N-dealkylation sites (tertiary alicyclic amines) is 2. The SMILES string of the molecule is Cn1cc(CN2CCC3(CCCN(C(=O)c4cnccn4)C3)CC2)cn1. The maximum absolute atomic E-state index is 12.7. The van der Waals surface area contributed by atoms with Gasteiger partial charge in [0.2, 0.25) is 0 Å². The highest BCUT2D eigenvalue weighted by molar-refractivity contribution is 5.92. The van der Waals surface area contributed by atoms with Gasteiger partial charge >= 0.3 is 0 Å². The molecule has 2 fully saturated rings. The van der Waals surface area contributed by atoms with Crippen molar-refractivity contribution < 1.29 is 4.79 Å². The second-order valence-electron chi connectivity index (χ2n) is 7.72.